The van der Waals surface area contributed by atoms with Crippen molar-refractivity contribution in [3.8, 4) is 5.75 Å². The molecule has 2 amide bonds. The highest BCUT2D eigenvalue weighted by atomic mass is 16.3. The summed E-state index contributed by atoms with van der Waals surface area (Å²) in [4.78, 5) is 27.6. The number of phenolic OH excluding ortho intramolecular Hbond substituents is 1. The zero-order valence-corrected chi connectivity index (χ0v) is 11.2. The van der Waals surface area contributed by atoms with Gasteiger partial charge < -0.3 is 10.0 Å². The molecule has 0 radical (unpaired) electrons. The van der Waals surface area contributed by atoms with Gasteiger partial charge in [-0.25, -0.2) is 0 Å². The van der Waals surface area contributed by atoms with Gasteiger partial charge in [0, 0.05) is 13.1 Å². The van der Waals surface area contributed by atoms with E-state index in [0.717, 1.165) is 13.1 Å². The Balaban J connectivity index is 2.14. The molecule has 0 aliphatic carbocycles. The van der Waals surface area contributed by atoms with E-state index < -0.39 is 0 Å². The predicted molar refractivity (Wildman–Crippen MR) is 71.3 cm³/mol. The lowest BCUT2D eigenvalue weighted by molar-refractivity contribution is 0.0638. The number of nitrogens with zero attached hydrogens (tertiary/aromatic N) is 2. The predicted octanol–water partition coefficient (Wildman–Crippen LogP) is 1.33. The van der Waals surface area contributed by atoms with Crippen molar-refractivity contribution in [2.75, 3.05) is 26.2 Å². The van der Waals surface area contributed by atoms with Gasteiger partial charge in [-0.1, -0.05) is 13.8 Å². The Morgan fingerprint density at radius 2 is 1.74 bits per heavy atom. The van der Waals surface area contributed by atoms with Crippen molar-refractivity contribution in [3.63, 3.8) is 0 Å². The van der Waals surface area contributed by atoms with Crippen molar-refractivity contribution < 1.29 is 14.7 Å². The number of amides is 2. The van der Waals surface area contributed by atoms with Gasteiger partial charge in [0.1, 0.15) is 5.75 Å². The van der Waals surface area contributed by atoms with Crippen LogP contribution < -0.4 is 0 Å². The van der Waals surface area contributed by atoms with Crippen molar-refractivity contribution in [2.24, 2.45) is 0 Å². The third-order valence-electron chi connectivity index (χ3n) is 3.49. The smallest absolute Gasteiger partial charge is 0.261 e. The first-order chi connectivity index (χ1) is 9.08. The average molecular weight is 262 g/mol. The van der Waals surface area contributed by atoms with E-state index in [0.29, 0.717) is 24.2 Å². The Labute approximate surface area is 112 Å². The molecule has 1 aliphatic rings. The minimum Gasteiger partial charge on any atom is -0.508 e. The second-order valence-electron chi connectivity index (χ2n) is 4.52. The molecule has 0 bridgehead atoms. The van der Waals surface area contributed by atoms with Crippen LogP contribution in [0.2, 0.25) is 0 Å². The van der Waals surface area contributed by atoms with E-state index in [1.807, 2.05) is 13.8 Å². The van der Waals surface area contributed by atoms with E-state index in [9.17, 15) is 14.7 Å². The van der Waals surface area contributed by atoms with Gasteiger partial charge in [0.05, 0.1) is 11.1 Å². The summed E-state index contributed by atoms with van der Waals surface area (Å²) in [6.45, 7) is 6.92. The van der Waals surface area contributed by atoms with E-state index in [1.54, 1.807) is 0 Å². The number of fused-ring (bicyclic) bond motifs is 1. The Bertz CT molecular complexity index is 509. The fourth-order valence-corrected chi connectivity index (χ4v) is 2.26. The second-order valence-corrected chi connectivity index (χ2v) is 4.52. The lowest BCUT2D eigenvalue weighted by atomic mass is 10.1. The summed E-state index contributed by atoms with van der Waals surface area (Å²) >= 11 is 0. The number of aromatic hydroxyl groups is 1. The Kier molecular flexibility index (Phi) is 3.85. The molecule has 0 saturated carbocycles. The normalized spacial score (nSPS) is 14.4. The minimum atomic E-state index is -0.317. The zero-order chi connectivity index (χ0) is 14.0. The molecule has 102 valence electrons. The van der Waals surface area contributed by atoms with Crippen LogP contribution in [0.3, 0.4) is 0 Å². The number of benzene rings is 1. The van der Waals surface area contributed by atoms with Crippen LogP contribution in [0.5, 0.6) is 5.75 Å². The molecule has 0 atom stereocenters. The molecule has 1 aliphatic heterocycles. The van der Waals surface area contributed by atoms with Crippen LogP contribution in [-0.2, 0) is 0 Å². The van der Waals surface area contributed by atoms with Gasteiger partial charge >= 0.3 is 0 Å². The molecule has 1 N–H and O–H groups in total. The quantitative estimate of drug-likeness (QED) is 0.813. The maximum Gasteiger partial charge on any atom is 0.261 e. The van der Waals surface area contributed by atoms with Crippen molar-refractivity contribution in [1.29, 1.82) is 0 Å². The van der Waals surface area contributed by atoms with Crippen molar-refractivity contribution in [3.05, 3.63) is 29.3 Å². The number of hydrogen-bond donors (Lipinski definition) is 1. The van der Waals surface area contributed by atoms with Gasteiger partial charge in [-0.3, -0.25) is 14.5 Å². The number of rotatable bonds is 5. The van der Waals surface area contributed by atoms with Crippen LogP contribution in [0.15, 0.2) is 18.2 Å². The molecule has 2 rings (SSSR count). The first-order valence-electron chi connectivity index (χ1n) is 6.50. The second kappa shape index (κ2) is 5.40. The molecule has 5 nitrogen and oxygen atoms in total. The van der Waals surface area contributed by atoms with Crippen molar-refractivity contribution in [1.82, 2.24) is 9.80 Å². The third-order valence-corrected chi connectivity index (χ3v) is 3.49. The summed E-state index contributed by atoms with van der Waals surface area (Å²) in [7, 11) is 0. The monoisotopic (exact) mass is 262 g/mol. The molecular weight excluding hydrogens is 244 g/mol. The largest absolute Gasteiger partial charge is 0.508 e. The molecule has 0 aromatic heterocycles. The van der Waals surface area contributed by atoms with Crippen LogP contribution in [-0.4, -0.2) is 52.9 Å². The summed E-state index contributed by atoms with van der Waals surface area (Å²) in [6.07, 6.45) is 0. The number of phenols is 1. The van der Waals surface area contributed by atoms with Crippen molar-refractivity contribution >= 4 is 11.8 Å². The van der Waals surface area contributed by atoms with Crippen LogP contribution in [0.1, 0.15) is 34.6 Å². The van der Waals surface area contributed by atoms with E-state index in [1.165, 1.54) is 23.1 Å². The zero-order valence-electron chi connectivity index (χ0n) is 11.2. The van der Waals surface area contributed by atoms with E-state index in [-0.39, 0.29) is 17.6 Å². The van der Waals surface area contributed by atoms with Crippen LogP contribution in [0, 0.1) is 0 Å². The highest BCUT2D eigenvalue weighted by Gasteiger charge is 2.35. The molecular formula is C14H18N2O3. The summed E-state index contributed by atoms with van der Waals surface area (Å²) in [6, 6.07) is 4.28. The summed E-state index contributed by atoms with van der Waals surface area (Å²) in [5.41, 5.74) is 0.673. The van der Waals surface area contributed by atoms with Crippen LogP contribution >= 0.6 is 0 Å². The van der Waals surface area contributed by atoms with Gasteiger partial charge in [0.15, 0.2) is 0 Å². The summed E-state index contributed by atoms with van der Waals surface area (Å²) in [5.74, 6) is -0.583. The fourth-order valence-electron chi connectivity index (χ4n) is 2.26. The summed E-state index contributed by atoms with van der Waals surface area (Å²) in [5, 5.41) is 9.39. The number of carbonyl (C=O) groups is 2. The van der Waals surface area contributed by atoms with Crippen LogP contribution in [0.4, 0.5) is 0 Å². The molecule has 0 fully saturated rings. The highest BCUT2D eigenvalue weighted by molar-refractivity contribution is 6.21. The molecule has 19 heavy (non-hydrogen) atoms. The van der Waals surface area contributed by atoms with Gasteiger partial charge in [-0.2, -0.15) is 0 Å². The lowest BCUT2D eigenvalue weighted by Crippen LogP contribution is -2.38. The van der Waals surface area contributed by atoms with E-state index >= 15 is 0 Å². The maximum absolute atomic E-state index is 12.1. The molecule has 0 unspecified atom stereocenters. The maximum atomic E-state index is 12.1. The first-order valence-corrected chi connectivity index (χ1v) is 6.50. The van der Waals surface area contributed by atoms with Gasteiger partial charge in [0.2, 0.25) is 0 Å². The van der Waals surface area contributed by atoms with Gasteiger partial charge in [0.25, 0.3) is 11.8 Å². The molecule has 1 heterocycles. The molecule has 1 aromatic rings. The van der Waals surface area contributed by atoms with Gasteiger partial charge in [-0.05, 0) is 31.3 Å². The number of hydrogen-bond acceptors (Lipinski definition) is 4. The number of carbonyl (C=O) groups excluding carboxylic acids is 2. The van der Waals surface area contributed by atoms with E-state index in [4.69, 9.17) is 0 Å². The molecule has 0 saturated heterocycles. The highest BCUT2D eigenvalue weighted by Crippen LogP contribution is 2.25. The third kappa shape index (κ3) is 2.46. The topological polar surface area (TPSA) is 60.9 Å². The molecule has 0 spiro atoms. The Morgan fingerprint density at radius 1 is 1.11 bits per heavy atom. The van der Waals surface area contributed by atoms with Crippen LogP contribution in [0.25, 0.3) is 0 Å². The molecule has 1 aromatic carbocycles. The lowest BCUT2D eigenvalue weighted by Gasteiger charge is -2.21. The summed E-state index contributed by atoms with van der Waals surface area (Å²) < 4.78 is 0. The minimum absolute atomic E-state index is 0.00509. The Morgan fingerprint density at radius 3 is 2.37 bits per heavy atom. The van der Waals surface area contributed by atoms with Gasteiger partial charge in [-0.15, -0.1) is 0 Å². The number of imide groups is 1. The van der Waals surface area contributed by atoms with Crippen molar-refractivity contribution in [2.45, 2.75) is 13.8 Å². The number of likely N-dealkylation sites (N-methyl/N-ethyl adjacent to an activating group) is 1. The fraction of sp³-hybridized carbons (Fsp3) is 0.429. The standard InChI is InChI=1S/C14H18N2O3/c1-3-15(4-2)7-8-16-13(18)11-6-5-10(17)9-12(11)14(16)19/h5-6,9,17H,3-4,7-8H2,1-2H3. The first kappa shape index (κ1) is 13.5. The Hall–Kier alpha value is -1.88. The SMILES string of the molecule is CCN(CC)CCN1C(=O)c2ccc(O)cc2C1=O. The van der Waals surface area contributed by atoms with E-state index in [2.05, 4.69) is 4.90 Å². The molecule has 5 heteroatoms. The average Bonchev–Trinajstić information content (AvgIpc) is 2.64.